The number of carbonyl (C=O) groups is 2. The molecular weight excluding hydrogens is 334 g/mol. The minimum absolute atomic E-state index is 0.107. The first-order valence-corrected chi connectivity index (χ1v) is 9.25. The summed E-state index contributed by atoms with van der Waals surface area (Å²) >= 11 is 0. The van der Waals surface area contributed by atoms with Crippen LogP contribution in [0.5, 0.6) is 11.5 Å². The van der Waals surface area contributed by atoms with Crippen LogP contribution in [0.2, 0.25) is 0 Å². The van der Waals surface area contributed by atoms with Crippen molar-refractivity contribution in [3.63, 3.8) is 0 Å². The lowest BCUT2D eigenvalue weighted by atomic mass is 9.77. The number of nitrogens with zero attached hydrogens (tertiary/aromatic N) is 2. The fourth-order valence-corrected chi connectivity index (χ4v) is 4.83. The van der Waals surface area contributed by atoms with Gasteiger partial charge in [-0.25, -0.2) is 0 Å². The third-order valence-corrected chi connectivity index (χ3v) is 6.21. The van der Waals surface area contributed by atoms with Gasteiger partial charge in [0.25, 0.3) is 5.91 Å². The maximum absolute atomic E-state index is 12.8. The Morgan fingerprint density at radius 1 is 1.27 bits per heavy atom. The summed E-state index contributed by atoms with van der Waals surface area (Å²) in [7, 11) is 2.06. The molecule has 1 N–H and O–H groups in total. The Balaban J connectivity index is 1.27. The molecule has 2 amide bonds. The number of carbonyl (C=O) groups excluding carboxylic acids is 2. The van der Waals surface area contributed by atoms with Gasteiger partial charge >= 0.3 is 0 Å². The lowest BCUT2D eigenvalue weighted by Crippen LogP contribution is -2.55. The summed E-state index contributed by atoms with van der Waals surface area (Å²) in [5.41, 5.74) is 0.212. The summed E-state index contributed by atoms with van der Waals surface area (Å²) in [5, 5.41) is 3.17. The molecule has 4 fully saturated rings. The van der Waals surface area contributed by atoms with Crippen LogP contribution in [-0.2, 0) is 4.79 Å². The Morgan fingerprint density at radius 3 is 2.88 bits per heavy atom. The minimum Gasteiger partial charge on any atom is -0.454 e. The molecule has 1 aromatic rings. The van der Waals surface area contributed by atoms with E-state index in [1.165, 1.54) is 0 Å². The van der Waals surface area contributed by atoms with Crippen molar-refractivity contribution in [2.45, 2.75) is 30.8 Å². The van der Waals surface area contributed by atoms with E-state index >= 15 is 0 Å². The summed E-state index contributed by atoms with van der Waals surface area (Å²) < 4.78 is 10.8. The number of ether oxygens (including phenoxy) is 2. The van der Waals surface area contributed by atoms with Crippen LogP contribution in [-0.4, -0.2) is 66.7 Å². The Hall–Kier alpha value is -2.28. The molecule has 5 aliphatic rings. The third kappa shape index (κ3) is 2.37. The topological polar surface area (TPSA) is 71.1 Å². The molecule has 7 heteroatoms. The number of para-hydroxylation sites is 1. The molecule has 1 saturated carbocycles. The van der Waals surface area contributed by atoms with Gasteiger partial charge in [-0.05, 0) is 45.0 Å². The lowest BCUT2D eigenvalue weighted by Gasteiger charge is -2.37. The summed E-state index contributed by atoms with van der Waals surface area (Å²) in [5.74, 6) is 1.33. The van der Waals surface area contributed by atoms with Crippen LogP contribution in [0.15, 0.2) is 18.2 Å². The molecule has 1 aromatic carbocycles. The van der Waals surface area contributed by atoms with Gasteiger partial charge < -0.3 is 24.6 Å². The first-order chi connectivity index (χ1) is 12.5. The van der Waals surface area contributed by atoms with E-state index in [2.05, 4.69) is 17.3 Å². The number of benzene rings is 1. The molecule has 0 unspecified atom stereocenters. The fourth-order valence-electron chi connectivity index (χ4n) is 4.83. The van der Waals surface area contributed by atoms with Crippen molar-refractivity contribution in [2.75, 3.05) is 33.5 Å². The van der Waals surface area contributed by atoms with Crippen molar-refractivity contribution in [1.29, 1.82) is 0 Å². The van der Waals surface area contributed by atoms with Crippen LogP contribution in [0.25, 0.3) is 0 Å². The van der Waals surface area contributed by atoms with Gasteiger partial charge in [-0.15, -0.1) is 0 Å². The zero-order valence-corrected chi connectivity index (χ0v) is 14.9. The first kappa shape index (κ1) is 15.9. The van der Waals surface area contributed by atoms with Gasteiger partial charge in [0.05, 0.1) is 17.0 Å². The molecule has 4 aliphatic heterocycles. The Kier molecular flexibility index (Phi) is 3.44. The third-order valence-electron chi connectivity index (χ3n) is 6.21. The Labute approximate surface area is 152 Å². The maximum atomic E-state index is 12.8. The van der Waals surface area contributed by atoms with E-state index in [9.17, 15) is 9.59 Å². The zero-order valence-electron chi connectivity index (χ0n) is 14.9. The van der Waals surface area contributed by atoms with E-state index < -0.39 is 0 Å². The maximum Gasteiger partial charge on any atom is 0.255 e. The standard InChI is InChI=1S/C19H23N3O4/c1-21-6-5-12(9-21)18(24)22-10-19(7-13(22)8-19)20-17(23)14-3-2-4-15-16(14)26-11-25-15/h2-4,12-13H,5-11H2,1H3,(H,20,23)/t12-,13?,19?/m0/s1. The normalized spacial score (nSPS) is 31.8. The molecule has 0 radical (unpaired) electrons. The molecule has 3 saturated heterocycles. The number of likely N-dealkylation sites (tertiary alicyclic amines) is 1. The Morgan fingerprint density at radius 2 is 2.12 bits per heavy atom. The fraction of sp³-hybridized carbons (Fsp3) is 0.579. The largest absolute Gasteiger partial charge is 0.454 e. The highest BCUT2D eigenvalue weighted by atomic mass is 16.7. The molecule has 0 aromatic heterocycles. The van der Waals surface area contributed by atoms with E-state index in [1.54, 1.807) is 18.2 Å². The van der Waals surface area contributed by atoms with E-state index in [1.807, 2.05) is 4.90 Å². The van der Waals surface area contributed by atoms with Crippen LogP contribution in [0, 0.1) is 5.92 Å². The van der Waals surface area contributed by atoms with Crippen molar-refractivity contribution >= 4 is 11.8 Å². The number of rotatable bonds is 3. The smallest absolute Gasteiger partial charge is 0.255 e. The van der Waals surface area contributed by atoms with Crippen molar-refractivity contribution < 1.29 is 19.1 Å². The van der Waals surface area contributed by atoms with Gasteiger partial charge in [0.1, 0.15) is 0 Å². The van der Waals surface area contributed by atoms with Crippen LogP contribution in [0.1, 0.15) is 29.6 Å². The molecule has 2 bridgehead atoms. The van der Waals surface area contributed by atoms with Crippen LogP contribution < -0.4 is 14.8 Å². The average Bonchev–Trinajstić information content (AvgIpc) is 3.35. The second-order valence-electron chi connectivity index (χ2n) is 8.05. The highest BCUT2D eigenvalue weighted by Crippen LogP contribution is 2.46. The van der Waals surface area contributed by atoms with Gasteiger partial charge in [-0.1, -0.05) is 6.07 Å². The highest BCUT2D eigenvalue weighted by molar-refractivity contribution is 5.98. The summed E-state index contributed by atoms with van der Waals surface area (Å²) in [4.78, 5) is 29.8. The minimum atomic E-state index is -0.288. The molecular formula is C19H23N3O4. The second kappa shape index (κ2) is 5.61. The van der Waals surface area contributed by atoms with Crippen molar-refractivity contribution in [1.82, 2.24) is 15.1 Å². The van der Waals surface area contributed by atoms with Gasteiger partial charge in [0, 0.05) is 19.1 Å². The van der Waals surface area contributed by atoms with Crippen molar-refractivity contribution in [3.05, 3.63) is 23.8 Å². The second-order valence-corrected chi connectivity index (χ2v) is 8.05. The summed E-state index contributed by atoms with van der Waals surface area (Å²) in [6.07, 6.45) is 2.63. The lowest BCUT2D eigenvalue weighted by molar-refractivity contribution is -0.135. The zero-order chi connectivity index (χ0) is 17.9. The predicted octanol–water partition coefficient (Wildman–Crippen LogP) is 0.840. The molecule has 4 heterocycles. The number of fused-ring (bicyclic) bond motifs is 2. The van der Waals surface area contributed by atoms with Crippen LogP contribution in [0.4, 0.5) is 0 Å². The van der Waals surface area contributed by atoms with Gasteiger partial charge in [0.15, 0.2) is 11.5 Å². The summed E-state index contributed by atoms with van der Waals surface area (Å²) in [6, 6.07) is 5.62. The first-order valence-electron chi connectivity index (χ1n) is 9.25. The number of hydrogen-bond acceptors (Lipinski definition) is 5. The van der Waals surface area contributed by atoms with E-state index in [0.29, 0.717) is 23.6 Å². The number of amides is 2. The molecule has 1 aliphatic carbocycles. The van der Waals surface area contributed by atoms with Gasteiger partial charge in [-0.2, -0.15) is 0 Å². The quantitative estimate of drug-likeness (QED) is 0.868. The predicted molar refractivity (Wildman–Crippen MR) is 93.1 cm³/mol. The Bertz CT molecular complexity index is 774. The molecule has 1 atom stereocenters. The van der Waals surface area contributed by atoms with E-state index in [4.69, 9.17) is 9.47 Å². The van der Waals surface area contributed by atoms with Crippen molar-refractivity contribution in [3.8, 4) is 11.5 Å². The van der Waals surface area contributed by atoms with Crippen LogP contribution in [0.3, 0.4) is 0 Å². The number of hydrogen-bond donors (Lipinski definition) is 1. The van der Waals surface area contributed by atoms with E-state index in [0.717, 1.165) is 32.4 Å². The van der Waals surface area contributed by atoms with Gasteiger partial charge in [-0.3, -0.25) is 9.59 Å². The highest BCUT2D eigenvalue weighted by Gasteiger charge is 2.58. The molecule has 138 valence electrons. The SMILES string of the molecule is CN1CC[C@H](C(=O)N2CC3(NC(=O)c4cccc5c4OCO5)CC2C3)C1. The van der Waals surface area contributed by atoms with Crippen molar-refractivity contribution in [2.24, 2.45) is 5.92 Å². The average molecular weight is 357 g/mol. The number of nitrogens with one attached hydrogen (secondary N) is 1. The molecule has 7 nitrogen and oxygen atoms in total. The molecule has 26 heavy (non-hydrogen) atoms. The van der Waals surface area contributed by atoms with E-state index in [-0.39, 0.29) is 36.1 Å². The van der Waals surface area contributed by atoms with Crippen LogP contribution >= 0.6 is 0 Å². The molecule has 0 spiro atoms. The van der Waals surface area contributed by atoms with Gasteiger partial charge in [0.2, 0.25) is 12.7 Å². The monoisotopic (exact) mass is 357 g/mol. The summed E-state index contributed by atoms with van der Waals surface area (Å²) in [6.45, 7) is 2.59. The molecule has 6 rings (SSSR count).